The average molecular weight is 370 g/mol. The Balaban J connectivity index is 1.61. The molecule has 5 nitrogen and oxygen atoms in total. The molecule has 0 spiro atoms. The molecular formula is C20H20ClN3O2. The highest BCUT2D eigenvalue weighted by Gasteiger charge is 2.27. The van der Waals surface area contributed by atoms with Crippen LogP contribution in [-0.2, 0) is 9.53 Å². The van der Waals surface area contributed by atoms with E-state index < -0.39 is 0 Å². The number of nitriles is 1. The minimum absolute atomic E-state index is 0.0443. The number of nitrogens with one attached hydrogen (secondary N) is 1. The lowest BCUT2D eigenvalue weighted by atomic mass is 10.1. The minimum atomic E-state index is -0.119. The van der Waals surface area contributed by atoms with Gasteiger partial charge in [-0.05, 0) is 30.7 Å². The zero-order chi connectivity index (χ0) is 18.5. The Hall–Kier alpha value is -2.39. The van der Waals surface area contributed by atoms with Gasteiger partial charge in [-0.1, -0.05) is 41.9 Å². The molecule has 0 aromatic heterocycles. The van der Waals surface area contributed by atoms with Crippen molar-refractivity contribution in [3.63, 3.8) is 0 Å². The molecule has 1 fully saturated rings. The molecule has 26 heavy (non-hydrogen) atoms. The predicted molar refractivity (Wildman–Crippen MR) is 101 cm³/mol. The lowest BCUT2D eigenvalue weighted by Gasteiger charge is -2.36. The van der Waals surface area contributed by atoms with E-state index in [4.69, 9.17) is 21.6 Å². The standard InChI is InChI=1S/C20H20ClN3O2/c1-14-11-24(12-19(26-14)15-5-3-2-4-6-15)13-20(25)23-17-8-7-16(10-22)18(21)9-17/h2-9,14,19H,11-13H2,1H3,(H,23,25). The van der Waals surface area contributed by atoms with Gasteiger partial charge in [-0.15, -0.1) is 0 Å². The Morgan fingerprint density at radius 1 is 1.31 bits per heavy atom. The van der Waals surface area contributed by atoms with E-state index in [1.165, 1.54) is 0 Å². The summed E-state index contributed by atoms with van der Waals surface area (Å²) in [6.07, 6.45) is 0.00298. The fourth-order valence-electron chi connectivity index (χ4n) is 3.11. The van der Waals surface area contributed by atoms with Crippen molar-refractivity contribution in [3.05, 3.63) is 64.7 Å². The van der Waals surface area contributed by atoms with Gasteiger partial charge in [0.15, 0.2) is 0 Å². The maximum Gasteiger partial charge on any atom is 0.238 e. The van der Waals surface area contributed by atoms with E-state index >= 15 is 0 Å². The number of amides is 1. The molecule has 1 aliphatic rings. The van der Waals surface area contributed by atoms with Crippen LogP contribution in [0.1, 0.15) is 24.2 Å². The van der Waals surface area contributed by atoms with Gasteiger partial charge in [0.05, 0.1) is 29.3 Å². The largest absolute Gasteiger partial charge is 0.368 e. The third kappa shape index (κ3) is 4.61. The molecule has 2 atom stereocenters. The number of benzene rings is 2. The molecule has 0 saturated carbocycles. The molecule has 2 unspecified atom stereocenters. The van der Waals surface area contributed by atoms with E-state index in [1.807, 2.05) is 43.3 Å². The molecule has 1 N–H and O–H groups in total. The number of hydrogen-bond acceptors (Lipinski definition) is 4. The highest BCUT2D eigenvalue weighted by atomic mass is 35.5. The Kier molecular flexibility index (Phi) is 5.89. The van der Waals surface area contributed by atoms with E-state index in [-0.39, 0.29) is 24.7 Å². The topological polar surface area (TPSA) is 65.4 Å². The molecule has 0 radical (unpaired) electrons. The van der Waals surface area contributed by atoms with E-state index in [9.17, 15) is 4.79 Å². The Morgan fingerprint density at radius 2 is 2.08 bits per heavy atom. The molecule has 6 heteroatoms. The van der Waals surface area contributed by atoms with Gasteiger partial charge in [0.25, 0.3) is 0 Å². The third-order valence-corrected chi connectivity index (χ3v) is 4.56. The summed E-state index contributed by atoms with van der Waals surface area (Å²) in [6.45, 7) is 3.65. The van der Waals surface area contributed by atoms with Gasteiger partial charge in [0.1, 0.15) is 6.07 Å². The number of halogens is 1. The van der Waals surface area contributed by atoms with E-state index in [0.717, 1.165) is 5.56 Å². The number of ether oxygens (including phenoxy) is 1. The van der Waals surface area contributed by atoms with Crippen molar-refractivity contribution in [2.75, 3.05) is 25.0 Å². The summed E-state index contributed by atoms with van der Waals surface area (Å²) in [5.74, 6) is -0.119. The predicted octanol–water partition coefficient (Wildman–Crippen LogP) is 3.61. The summed E-state index contributed by atoms with van der Waals surface area (Å²) in [6, 6.07) is 16.9. The molecular weight excluding hydrogens is 350 g/mol. The van der Waals surface area contributed by atoms with E-state index in [0.29, 0.717) is 29.4 Å². The number of carbonyl (C=O) groups is 1. The molecule has 3 rings (SSSR count). The number of rotatable bonds is 4. The van der Waals surface area contributed by atoms with Crippen LogP contribution in [0.5, 0.6) is 0 Å². The number of hydrogen-bond donors (Lipinski definition) is 1. The van der Waals surface area contributed by atoms with Crippen molar-refractivity contribution in [1.82, 2.24) is 4.90 Å². The second kappa shape index (κ2) is 8.33. The number of morpholine rings is 1. The summed E-state index contributed by atoms with van der Waals surface area (Å²) in [5, 5.41) is 12.1. The fraction of sp³-hybridized carbons (Fsp3) is 0.300. The van der Waals surface area contributed by atoms with Crippen LogP contribution in [0.25, 0.3) is 0 Å². The van der Waals surface area contributed by atoms with Crippen LogP contribution in [-0.4, -0.2) is 36.5 Å². The summed E-state index contributed by atoms with van der Waals surface area (Å²) < 4.78 is 6.02. The van der Waals surface area contributed by atoms with Gasteiger partial charge < -0.3 is 10.1 Å². The smallest absolute Gasteiger partial charge is 0.238 e. The van der Waals surface area contributed by atoms with Crippen molar-refractivity contribution in [2.45, 2.75) is 19.1 Å². The SMILES string of the molecule is CC1CN(CC(=O)Nc2ccc(C#N)c(Cl)c2)CC(c2ccccc2)O1. The molecule has 2 aromatic rings. The van der Waals surface area contributed by atoms with Gasteiger partial charge in [0, 0.05) is 18.8 Å². The quantitative estimate of drug-likeness (QED) is 0.894. The molecule has 0 aliphatic carbocycles. The van der Waals surface area contributed by atoms with Gasteiger partial charge in [-0.2, -0.15) is 5.26 Å². The molecule has 0 bridgehead atoms. The van der Waals surface area contributed by atoms with Gasteiger partial charge in [-0.25, -0.2) is 0 Å². The van der Waals surface area contributed by atoms with Gasteiger partial charge >= 0.3 is 0 Å². The third-order valence-electron chi connectivity index (χ3n) is 4.25. The van der Waals surface area contributed by atoms with E-state index in [1.54, 1.807) is 18.2 Å². The monoisotopic (exact) mass is 369 g/mol. The van der Waals surface area contributed by atoms with Crippen LogP contribution in [0.15, 0.2) is 48.5 Å². The first kappa shape index (κ1) is 18.4. The van der Waals surface area contributed by atoms with Crippen molar-refractivity contribution in [2.24, 2.45) is 0 Å². The molecule has 1 heterocycles. The van der Waals surface area contributed by atoms with Crippen LogP contribution >= 0.6 is 11.6 Å². The first-order valence-corrected chi connectivity index (χ1v) is 8.85. The summed E-state index contributed by atoms with van der Waals surface area (Å²) >= 11 is 6.01. The highest BCUT2D eigenvalue weighted by molar-refractivity contribution is 6.32. The van der Waals surface area contributed by atoms with Gasteiger partial charge in [-0.3, -0.25) is 9.69 Å². The molecule has 2 aromatic carbocycles. The summed E-state index contributed by atoms with van der Waals surface area (Å²) in [5.41, 5.74) is 2.08. The Morgan fingerprint density at radius 3 is 2.77 bits per heavy atom. The first-order chi connectivity index (χ1) is 12.5. The van der Waals surface area contributed by atoms with Crippen LogP contribution in [0.4, 0.5) is 5.69 Å². The van der Waals surface area contributed by atoms with E-state index in [2.05, 4.69) is 10.2 Å². The van der Waals surface area contributed by atoms with Crippen LogP contribution < -0.4 is 5.32 Å². The summed E-state index contributed by atoms with van der Waals surface area (Å²) in [7, 11) is 0. The van der Waals surface area contributed by atoms with Crippen molar-refractivity contribution in [3.8, 4) is 6.07 Å². The molecule has 134 valence electrons. The Labute approximate surface area is 158 Å². The lowest BCUT2D eigenvalue weighted by Crippen LogP contribution is -2.46. The summed E-state index contributed by atoms with van der Waals surface area (Å²) in [4.78, 5) is 14.5. The van der Waals surface area contributed by atoms with Crippen molar-refractivity contribution in [1.29, 1.82) is 5.26 Å². The number of carbonyl (C=O) groups excluding carboxylic acids is 1. The molecule has 1 saturated heterocycles. The van der Waals surface area contributed by atoms with Crippen LogP contribution in [0, 0.1) is 11.3 Å². The number of nitrogens with zero attached hydrogens (tertiary/aromatic N) is 2. The van der Waals surface area contributed by atoms with Crippen molar-refractivity contribution < 1.29 is 9.53 Å². The highest BCUT2D eigenvalue weighted by Crippen LogP contribution is 2.25. The number of anilines is 1. The zero-order valence-electron chi connectivity index (χ0n) is 14.5. The zero-order valence-corrected chi connectivity index (χ0v) is 15.2. The molecule has 1 amide bonds. The average Bonchev–Trinajstić information content (AvgIpc) is 2.62. The Bertz CT molecular complexity index is 820. The fourth-order valence-corrected chi connectivity index (χ4v) is 3.33. The first-order valence-electron chi connectivity index (χ1n) is 8.47. The van der Waals surface area contributed by atoms with Gasteiger partial charge in [0.2, 0.25) is 5.91 Å². The lowest BCUT2D eigenvalue weighted by molar-refractivity contribution is -0.122. The second-order valence-corrected chi connectivity index (χ2v) is 6.80. The second-order valence-electron chi connectivity index (χ2n) is 6.39. The maximum atomic E-state index is 12.4. The normalized spacial score (nSPS) is 20.3. The molecule has 1 aliphatic heterocycles. The van der Waals surface area contributed by atoms with Crippen molar-refractivity contribution >= 4 is 23.2 Å². The van der Waals surface area contributed by atoms with Crippen LogP contribution in [0.3, 0.4) is 0 Å². The van der Waals surface area contributed by atoms with Crippen LogP contribution in [0.2, 0.25) is 5.02 Å². The minimum Gasteiger partial charge on any atom is -0.368 e. The maximum absolute atomic E-state index is 12.4.